The predicted octanol–water partition coefficient (Wildman–Crippen LogP) is 4.62. The second-order valence-electron chi connectivity index (χ2n) is 5.03. The van der Waals surface area contributed by atoms with Gasteiger partial charge in [-0.3, -0.25) is 9.05 Å². The van der Waals surface area contributed by atoms with Gasteiger partial charge in [-0.1, -0.05) is 51.9 Å². The van der Waals surface area contributed by atoms with E-state index in [1.54, 1.807) is 6.92 Å². The second-order valence-corrected chi connectivity index (χ2v) is 6.59. The third kappa shape index (κ3) is 8.05. The Morgan fingerprint density at radius 2 is 1.74 bits per heavy atom. The fraction of sp³-hybridized carbons (Fsp3) is 1.00. The number of phosphoric acid groups is 1. The quantitative estimate of drug-likeness (QED) is 0.334. The average Bonchev–Trinajstić information content (AvgIpc) is 2.41. The standard InChI is InChI=1S/C13H27O5P/c1-3-4-5-6-7-8-9-10-11-15-19(14)16-12-13(2)17-18-19/h13H,3-12H2,1-2H3. The van der Waals surface area contributed by atoms with E-state index in [2.05, 4.69) is 11.6 Å². The minimum absolute atomic E-state index is 0.200. The van der Waals surface area contributed by atoms with E-state index in [0.717, 1.165) is 12.8 Å². The number of hydrogen-bond donors (Lipinski definition) is 0. The molecule has 6 heteroatoms. The number of unbranched alkanes of at least 4 members (excludes halogenated alkanes) is 7. The van der Waals surface area contributed by atoms with Crippen LogP contribution in [0.15, 0.2) is 0 Å². The van der Waals surface area contributed by atoms with Crippen LogP contribution in [0.4, 0.5) is 0 Å². The van der Waals surface area contributed by atoms with Crippen LogP contribution >= 0.6 is 7.82 Å². The zero-order chi connectivity index (χ0) is 14.0. The maximum Gasteiger partial charge on any atom is 0.502 e. The highest BCUT2D eigenvalue weighted by atomic mass is 31.2. The van der Waals surface area contributed by atoms with E-state index >= 15 is 0 Å². The normalized spacial score (nSPS) is 27.6. The van der Waals surface area contributed by atoms with E-state index in [9.17, 15) is 4.57 Å². The van der Waals surface area contributed by atoms with Crippen LogP contribution in [-0.4, -0.2) is 19.3 Å². The molecule has 1 aliphatic heterocycles. The minimum Gasteiger partial charge on any atom is -0.285 e. The Morgan fingerprint density at radius 3 is 2.32 bits per heavy atom. The summed E-state index contributed by atoms with van der Waals surface area (Å²) < 4.78 is 26.6. The van der Waals surface area contributed by atoms with Crippen molar-refractivity contribution in [2.75, 3.05) is 13.2 Å². The predicted molar refractivity (Wildman–Crippen MR) is 73.8 cm³/mol. The summed E-state index contributed by atoms with van der Waals surface area (Å²) in [5, 5.41) is 0. The summed E-state index contributed by atoms with van der Waals surface area (Å²) in [6, 6.07) is 0. The summed E-state index contributed by atoms with van der Waals surface area (Å²) in [5.74, 6) is 0. The molecule has 0 N–H and O–H groups in total. The first-order chi connectivity index (χ1) is 9.16. The van der Waals surface area contributed by atoms with Crippen molar-refractivity contribution < 1.29 is 23.2 Å². The summed E-state index contributed by atoms with van der Waals surface area (Å²) in [4.78, 5) is 4.81. The molecule has 2 unspecified atom stereocenters. The molecule has 0 bridgehead atoms. The van der Waals surface area contributed by atoms with Crippen LogP contribution in [0.2, 0.25) is 0 Å². The van der Waals surface area contributed by atoms with Crippen molar-refractivity contribution in [3.8, 4) is 0 Å². The number of hydrogen-bond acceptors (Lipinski definition) is 5. The zero-order valence-electron chi connectivity index (χ0n) is 12.1. The van der Waals surface area contributed by atoms with Crippen LogP contribution < -0.4 is 0 Å². The van der Waals surface area contributed by atoms with Gasteiger partial charge in [0.2, 0.25) is 0 Å². The van der Waals surface area contributed by atoms with Gasteiger partial charge in [0.1, 0.15) is 6.10 Å². The molecule has 0 radical (unpaired) electrons. The second kappa shape index (κ2) is 9.89. The lowest BCUT2D eigenvalue weighted by Crippen LogP contribution is -2.22. The fourth-order valence-electron chi connectivity index (χ4n) is 1.84. The monoisotopic (exact) mass is 294 g/mol. The third-order valence-electron chi connectivity index (χ3n) is 3.01. The highest BCUT2D eigenvalue weighted by molar-refractivity contribution is 7.48. The fourth-order valence-corrected chi connectivity index (χ4v) is 3.00. The lowest BCUT2D eigenvalue weighted by Gasteiger charge is -2.24. The zero-order valence-corrected chi connectivity index (χ0v) is 13.0. The number of rotatable bonds is 10. The van der Waals surface area contributed by atoms with Gasteiger partial charge in [-0.15, -0.1) is 4.67 Å². The van der Waals surface area contributed by atoms with E-state index in [4.69, 9.17) is 13.9 Å². The van der Waals surface area contributed by atoms with Gasteiger partial charge < -0.3 is 0 Å². The molecule has 0 aromatic rings. The highest BCUT2D eigenvalue weighted by Crippen LogP contribution is 2.52. The molecule has 1 heterocycles. The molecule has 1 saturated heterocycles. The van der Waals surface area contributed by atoms with Crippen LogP contribution in [0.3, 0.4) is 0 Å². The van der Waals surface area contributed by atoms with Crippen molar-refractivity contribution in [2.45, 2.75) is 71.3 Å². The van der Waals surface area contributed by atoms with E-state index in [1.807, 2.05) is 0 Å². The molecule has 1 rings (SSSR count). The molecule has 0 spiro atoms. The Hall–Kier alpha value is 0.0700. The lowest BCUT2D eigenvalue weighted by molar-refractivity contribution is -0.285. The van der Waals surface area contributed by atoms with Gasteiger partial charge in [0.15, 0.2) is 0 Å². The molecule has 0 aromatic carbocycles. The van der Waals surface area contributed by atoms with E-state index in [0.29, 0.717) is 6.61 Å². The Morgan fingerprint density at radius 1 is 1.11 bits per heavy atom. The summed E-state index contributed by atoms with van der Waals surface area (Å²) in [6.07, 6.45) is 9.49. The lowest BCUT2D eigenvalue weighted by atomic mass is 10.1. The van der Waals surface area contributed by atoms with Crippen molar-refractivity contribution in [2.24, 2.45) is 0 Å². The van der Waals surface area contributed by atoms with Crippen LogP contribution in [0.5, 0.6) is 0 Å². The van der Waals surface area contributed by atoms with Crippen LogP contribution in [0, 0.1) is 0 Å². The Bertz CT molecular complexity index is 260. The summed E-state index contributed by atoms with van der Waals surface area (Å²) >= 11 is 0. The Kier molecular flexibility index (Phi) is 8.92. The van der Waals surface area contributed by atoms with Crippen LogP contribution in [0.1, 0.15) is 65.2 Å². The van der Waals surface area contributed by atoms with Crippen molar-refractivity contribution in [1.82, 2.24) is 0 Å². The van der Waals surface area contributed by atoms with Crippen LogP contribution in [-0.2, 0) is 23.2 Å². The maximum absolute atomic E-state index is 11.8. The molecular weight excluding hydrogens is 267 g/mol. The van der Waals surface area contributed by atoms with Crippen molar-refractivity contribution in [3.05, 3.63) is 0 Å². The third-order valence-corrected chi connectivity index (χ3v) is 4.25. The molecule has 0 aromatic heterocycles. The minimum atomic E-state index is -3.44. The van der Waals surface area contributed by atoms with E-state index in [-0.39, 0.29) is 12.7 Å². The highest BCUT2D eigenvalue weighted by Gasteiger charge is 2.34. The molecular formula is C13H27O5P. The molecule has 5 nitrogen and oxygen atoms in total. The van der Waals surface area contributed by atoms with Gasteiger partial charge in [-0.2, -0.15) is 0 Å². The van der Waals surface area contributed by atoms with Gasteiger partial charge in [-0.25, -0.2) is 9.45 Å². The van der Waals surface area contributed by atoms with E-state index in [1.165, 1.54) is 38.5 Å². The van der Waals surface area contributed by atoms with Crippen molar-refractivity contribution >= 4 is 7.82 Å². The molecule has 2 atom stereocenters. The maximum atomic E-state index is 11.8. The Balaban J connectivity index is 1.92. The largest absolute Gasteiger partial charge is 0.502 e. The first-order valence-corrected chi connectivity index (χ1v) is 8.86. The first-order valence-electron chi connectivity index (χ1n) is 7.40. The SMILES string of the molecule is CCCCCCCCCCOP1(=O)OCC(C)OO1. The molecule has 1 fully saturated rings. The van der Waals surface area contributed by atoms with Crippen molar-refractivity contribution in [1.29, 1.82) is 0 Å². The number of phosphoric ester groups is 1. The summed E-state index contributed by atoms with van der Waals surface area (Å²) in [5.41, 5.74) is 0. The molecule has 0 amide bonds. The molecule has 0 aliphatic carbocycles. The van der Waals surface area contributed by atoms with Crippen molar-refractivity contribution in [3.63, 3.8) is 0 Å². The average molecular weight is 294 g/mol. The molecule has 0 saturated carbocycles. The van der Waals surface area contributed by atoms with Gasteiger partial charge in [-0.05, 0) is 13.3 Å². The summed E-state index contributed by atoms with van der Waals surface area (Å²) in [6.45, 7) is 4.64. The molecule has 19 heavy (non-hydrogen) atoms. The first kappa shape index (κ1) is 17.1. The van der Waals surface area contributed by atoms with Crippen LogP contribution in [0.25, 0.3) is 0 Å². The van der Waals surface area contributed by atoms with E-state index < -0.39 is 7.82 Å². The van der Waals surface area contributed by atoms with Gasteiger partial charge >= 0.3 is 7.82 Å². The summed E-state index contributed by atoms with van der Waals surface area (Å²) in [7, 11) is -3.44. The van der Waals surface area contributed by atoms with Gasteiger partial charge in [0, 0.05) is 0 Å². The van der Waals surface area contributed by atoms with Gasteiger partial charge in [0.25, 0.3) is 0 Å². The molecule has 114 valence electrons. The van der Waals surface area contributed by atoms with Gasteiger partial charge in [0.05, 0.1) is 13.2 Å². The smallest absolute Gasteiger partial charge is 0.285 e. The topological polar surface area (TPSA) is 54.0 Å². The Labute approximate surface area is 116 Å². The molecule has 1 aliphatic rings.